The molecular weight excluding hydrogens is 184 g/mol. The summed E-state index contributed by atoms with van der Waals surface area (Å²) in [5.41, 5.74) is 0. The van der Waals surface area contributed by atoms with Gasteiger partial charge in [-0.15, -0.1) is 11.3 Å². The van der Waals surface area contributed by atoms with Crippen LogP contribution in [0.2, 0.25) is 4.47 Å². The zero-order valence-corrected chi connectivity index (χ0v) is 7.50. The fourth-order valence-electron chi connectivity index (χ4n) is 0.577. The van der Waals surface area contributed by atoms with Crippen LogP contribution in [0.5, 0.6) is 0 Å². The highest BCUT2D eigenvalue weighted by atomic mass is 35.5. The molecule has 0 saturated carbocycles. The maximum Gasteiger partial charge on any atom is 0.217 e. The van der Waals surface area contributed by atoms with Crippen molar-refractivity contribution >= 4 is 28.8 Å². The Morgan fingerprint density at radius 3 is 3.09 bits per heavy atom. The van der Waals surface area contributed by atoms with Crippen LogP contribution in [0, 0.1) is 0 Å². The largest absolute Gasteiger partial charge is 0.351 e. The molecular formula is C6H7ClN2OS. The van der Waals surface area contributed by atoms with Gasteiger partial charge in [-0.2, -0.15) is 0 Å². The number of nitrogens with one attached hydrogen (secondary N) is 1. The third kappa shape index (κ3) is 2.86. The van der Waals surface area contributed by atoms with E-state index >= 15 is 0 Å². The average Bonchev–Trinajstić information content (AvgIpc) is 2.31. The maximum absolute atomic E-state index is 10.5. The summed E-state index contributed by atoms with van der Waals surface area (Å²) in [4.78, 5) is 15.3. The average molecular weight is 191 g/mol. The molecule has 1 aromatic heterocycles. The molecule has 0 aliphatic carbocycles. The summed E-state index contributed by atoms with van der Waals surface area (Å²) in [5.74, 6) is -0.0467. The Hall–Kier alpha value is -0.610. The predicted molar refractivity (Wildman–Crippen MR) is 44.6 cm³/mol. The summed E-state index contributed by atoms with van der Waals surface area (Å²) < 4.78 is 0.505. The smallest absolute Gasteiger partial charge is 0.217 e. The van der Waals surface area contributed by atoms with Gasteiger partial charge in [0.25, 0.3) is 0 Å². The van der Waals surface area contributed by atoms with Gasteiger partial charge in [0.05, 0.1) is 6.54 Å². The molecule has 0 aliphatic heterocycles. The zero-order chi connectivity index (χ0) is 8.27. The van der Waals surface area contributed by atoms with Crippen LogP contribution in [0.25, 0.3) is 0 Å². The number of halogens is 1. The van der Waals surface area contributed by atoms with E-state index in [1.807, 2.05) is 0 Å². The minimum atomic E-state index is -0.0467. The lowest BCUT2D eigenvalue weighted by Crippen LogP contribution is -2.18. The van der Waals surface area contributed by atoms with E-state index in [9.17, 15) is 4.79 Å². The van der Waals surface area contributed by atoms with Gasteiger partial charge in [0, 0.05) is 18.0 Å². The Morgan fingerprint density at radius 1 is 1.91 bits per heavy atom. The first-order valence-corrected chi connectivity index (χ1v) is 4.22. The molecule has 5 heteroatoms. The number of carbonyl (C=O) groups excluding carboxylic acids is 1. The van der Waals surface area contributed by atoms with Crippen molar-refractivity contribution in [2.75, 3.05) is 0 Å². The first-order chi connectivity index (χ1) is 5.18. The molecule has 0 bridgehead atoms. The van der Waals surface area contributed by atoms with Gasteiger partial charge in [-0.1, -0.05) is 11.6 Å². The minimum absolute atomic E-state index is 0.0467. The maximum atomic E-state index is 10.5. The van der Waals surface area contributed by atoms with Gasteiger partial charge in [0.15, 0.2) is 4.47 Å². The Morgan fingerprint density at radius 2 is 2.64 bits per heavy atom. The fourth-order valence-corrected chi connectivity index (χ4v) is 1.49. The summed E-state index contributed by atoms with van der Waals surface area (Å²) in [5, 5.41) is 2.65. The zero-order valence-electron chi connectivity index (χ0n) is 5.93. The lowest BCUT2D eigenvalue weighted by molar-refractivity contribution is -0.119. The number of amides is 1. The van der Waals surface area contributed by atoms with E-state index in [0.717, 1.165) is 4.88 Å². The van der Waals surface area contributed by atoms with Crippen molar-refractivity contribution in [3.05, 3.63) is 15.5 Å². The van der Waals surface area contributed by atoms with Gasteiger partial charge in [-0.25, -0.2) is 4.98 Å². The van der Waals surface area contributed by atoms with E-state index in [2.05, 4.69) is 10.3 Å². The molecule has 0 radical (unpaired) electrons. The van der Waals surface area contributed by atoms with E-state index in [1.165, 1.54) is 18.3 Å². The molecule has 1 amide bonds. The molecule has 0 unspecified atom stereocenters. The van der Waals surface area contributed by atoms with E-state index in [4.69, 9.17) is 11.6 Å². The van der Waals surface area contributed by atoms with E-state index in [-0.39, 0.29) is 5.91 Å². The monoisotopic (exact) mass is 190 g/mol. The van der Waals surface area contributed by atoms with Crippen LogP contribution in [0.3, 0.4) is 0 Å². The number of thiazole rings is 1. The van der Waals surface area contributed by atoms with Gasteiger partial charge < -0.3 is 5.32 Å². The summed E-state index contributed by atoms with van der Waals surface area (Å²) in [6, 6.07) is 0. The van der Waals surface area contributed by atoms with E-state index < -0.39 is 0 Å². The van der Waals surface area contributed by atoms with Crippen LogP contribution in [0.1, 0.15) is 11.8 Å². The number of aromatic nitrogens is 1. The van der Waals surface area contributed by atoms with Crippen LogP contribution in [-0.4, -0.2) is 10.9 Å². The Kier molecular flexibility index (Phi) is 2.84. The lowest BCUT2D eigenvalue weighted by atomic mass is 10.5. The summed E-state index contributed by atoms with van der Waals surface area (Å²) in [6.45, 7) is 1.99. The molecule has 0 fully saturated rings. The van der Waals surface area contributed by atoms with E-state index in [0.29, 0.717) is 11.0 Å². The van der Waals surface area contributed by atoms with Crippen molar-refractivity contribution < 1.29 is 4.79 Å². The third-order valence-corrected chi connectivity index (χ3v) is 2.15. The van der Waals surface area contributed by atoms with Gasteiger partial charge in [-0.3, -0.25) is 4.79 Å². The Balaban J connectivity index is 2.45. The van der Waals surface area contributed by atoms with Gasteiger partial charge in [-0.05, 0) is 0 Å². The van der Waals surface area contributed by atoms with Gasteiger partial charge in [0.2, 0.25) is 5.91 Å². The molecule has 11 heavy (non-hydrogen) atoms. The number of nitrogens with zero attached hydrogens (tertiary/aromatic N) is 1. The molecule has 0 spiro atoms. The molecule has 1 heterocycles. The highest BCUT2D eigenvalue weighted by Gasteiger charge is 1.98. The molecule has 3 nitrogen and oxygen atoms in total. The Bertz CT molecular complexity index is 261. The highest BCUT2D eigenvalue weighted by Crippen LogP contribution is 2.16. The summed E-state index contributed by atoms with van der Waals surface area (Å²) in [6.07, 6.45) is 1.66. The van der Waals surface area contributed by atoms with Crippen molar-refractivity contribution in [1.82, 2.24) is 10.3 Å². The SMILES string of the molecule is CC(=O)NCc1cnc(Cl)s1. The van der Waals surface area contributed by atoms with Crippen molar-refractivity contribution in [1.29, 1.82) is 0 Å². The molecule has 1 N–H and O–H groups in total. The lowest BCUT2D eigenvalue weighted by Gasteiger charge is -1.95. The second kappa shape index (κ2) is 3.69. The van der Waals surface area contributed by atoms with Crippen LogP contribution < -0.4 is 5.32 Å². The number of carbonyl (C=O) groups is 1. The van der Waals surface area contributed by atoms with Gasteiger partial charge >= 0.3 is 0 Å². The second-order valence-electron chi connectivity index (χ2n) is 1.99. The first kappa shape index (κ1) is 8.49. The van der Waals surface area contributed by atoms with E-state index in [1.54, 1.807) is 6.20 Å². The fraction of sp³-hybridized carbons (Fsp3) is 0.333. The molecule has 1 aromatic rings. The third-order valence-electron chi connectivity index (χ3n) is 1.04. The Labute approximate surface area is 73.4 Å². The highest BCUT2D eigenvalue weighted by molar-refractivity contribution is 7.15. The topological polar surface area (TPSA) is 42.0 Å². The number of hydrogen-bond acceptors (Lipinski definition) is 3. The molecule has 0 atom stereocenters. The summed E-state index contributed by atoms with van der Waals surface area (Å²) in [7, 11) is 0. The molecule has 0 saturated heterocycles. The standard InChI is InChI=1S/C6H7ClN2OS/c1-4(10)8-2-5-3-9-6(7)11-5/h3H,2H2,1H3,(H,8,10). The normalized spacial score (nSPS) is 9.64. The van der Waals surface area contributed by atoms with Crippen molar-refractivity contribution in [3.8, 4) is 0 Å². The second-order valence-corrected chi connectivity index (χ2v) is 3.69. The van der Waals surface area contributed by atoms with Crippen LogP contribution >= 0.6 is 22.9 Å². The quantitative estimate of drug-likeness (QED) is 0.767. The molecule has 0 aromatic carbocycles. The predicted octanol–water partition coefficient (Wildman–Crippen LogP) is 1.43. The molecule has 0 aliphatic rings. The number of hydrogen-bond donors (Lipinski definition) is 1. The molecule has 1 rings (SSSR count). The van der Waals surface area contributed by atoms with Gasteiger partial charge in [0.1, 0.15) is 0 Å². The van der Waals surface area contributed by atoms with Crippen LogP contribution in [0.15, 0.2) is 6.20 Å². The van der Waals surface area contributed by atoms with Crippen LogP contribution in [0.4, 0.5) is 0 Å². The minimum Gasteiger partial charge on any atom is -0.351 e. The van der Waals surface area contributed by atoms with Crippen LogP contribution in [-0.2, 0) is 11.3 Å². The summed E-state index contributed by atoms with van der Waals surface area (Å²) >= 11 is 6.94. The first-order valence-electron chi connectivity index (χ1n) is 3.03. The van der Waals surface area contributed by atoms with Crippen molar-refractivity contribution in [2.24, 2.45) is 0 Å². The van der Waals surface area contributed by atoms with Crippen molar-refractivity contribution in [3.63, 3.8) is 0 Å². The van der Waals surface area contributed by atoms with Crippen molar-refractivity contribution in [2.45, 2.75) is 13.5 Å². The number of rotatable bonds is 2. The molecule has 60 valence electrons.